The fourth-order valence-electron chi connectivity index (χ4n) is 1.27. The summed E-state index contributed by atoms with van der Waals surface area (Å²) in [6, 6.07) is 8.48. The van der Waals surface area contributed by atoms with Crippen molar-refractivity contribution in [3.8, 4) is 0 Å². The molecule has 0 fully saturated rings. The third-order valence-electron chi connectivity index (χ3n) is 2.14. The standard InChI is InChI=1S/C12H13NOS2/c1-9-2-4-11(5-3-9)15-8-12-13-10(6-14)7-16-12/h2-5,7,14H,6,8H2,1H3. The van der Waals surface area contributed by atoms with Gasteiger partial charge in [0.15, 0.2) is 0 Å². The van der Waals surface area contributed by atoms with Gasteiger partial charge in [-0.15, -0.1) is 23.1 Å². The summed E-state index contributed by atoms with van der Waals surface area (Å²) < 4.78 is 0. The summed E-state index contributed by atoms with van der Waals surface area (Å²) in [5, 5.41) is 11.9. The molecule has 84 valence electrons. The maximum atomic E-state index is 8.90. The van der Waals surface area contributed by atoms with E-state index in [0.29, 0.717) is 0 Å². The van der Waals surface area contributed by atoms with Crippen molar-refractivity contribution in [1.82, 2.24) is 4.98 Å². The highest BCUT2D eigenvalue weighted by atomic mass is 32.2. The first-order valence-electron chi connectivity index (χ1n) is 5.01. The number of aromatic nitrogens is 1. The molecular formula is C12H13NOS2. The molecule has 1 N–H and O–H groups in total. The molecule has 0 saturated carbocycles. The zero-order valence-corrected chi connectivity index (χ0v) is 10.6. The van der Waals surface area contributed by atoms with Gasteiger partial charge in [-0.2, -0.15) is 0 Å². The van der Waals surface area contributed by atoms with Crippen LogP contribution in [-0.4, -0.2) is 10.1 Å². The molecule has 0 aliphatic carbocycles. The molecule has 0 spiro atoms. The van der Waals surface area contributed by atoms with Gasteiger partial charge < -0.3 is 5.11 Å². The Morgan fingerprint density at radius 1 is 1.31 bits per heavy atom. The summed E-state index contributed by atoms with van der Waals surface area (Å²) in [6.45, 7) is 2.12. The summed E-state index contributed by atoms with van der Waals surface area (Å²) in [6.07, 6.45) is 0. The van der Waals surface area contributed by atoms with E-state index in [2.05, 4.69) is 36.2 Å². The summed E-state index contributed by atoms with van der Waals surface area (Å²) in [4.78, 5) is 5.56. The number of rotatable bonds is 4. The smallest absolute Gasteiger partial charge is 0.103 e. The van der Waals surface area contributed by atoms with Gasteiger partial charge in [-0.25, -0.2) is 4.98 Å². The second-order valence-electron chi connectivity index (χ2n) is 3.49. The third-order valence-corrected chi connectivity index (χ3v) is 4.25. The fraction of sp³-hybridized carbons (Fsp3) is 0.250. The number of aliphatic hydroxyl groups is 1. The zero-order chi connectivity index (χ0) is 11.4. The summed E-state index contributed by atoms with van der Waals surface area (Å²) in [5.74, 6) is 0.869. The molecule has 0 unspecified atom stereocenters. The SMILES string of the molecule is Cc1ccc(SCc2nc(CO)cs2)cc1. The van der Waals surface area contributed by atoms with Crippen LogP contribution in [0, 0.1) is 6.92 Å². The lowest BCUT2D eigenvalue weighted by Gasteiger charge is -1.99. The molecule has 0 bridgehead atoms. The maximum absolute atomic E-state index is 8.90. The van der Waals surface area contributed by atoms with E-state index in [1.165, 1.54) is 10.5 Å². The number of hydrogen-bond acceptors (Lipinski definition) is 4. The van der Waals surface area contributed by atoms with E-state index in [0.717, 1.165) is 16.5 Å². The van der Waals surface area contributed by atoms with Gasteiger partial charge in [0.2, 0.25) is 0 Å². The normalized spacial score (nSPS) is 10.6. The van der Waals surface area contributed by atoms with Gasteiger partial charge in [0.25, 0.3) is 0 Å². The Morgan fingerprint density at radius 2 is 2.06 bits per heavy atom. The van der Waals surface area contributed by atoms with Crippen LogP contribution < -0.4 is 0 Å². The van der Waals surface area contributed by atoms with E-state index in [9.17, 15) is 0 Å². The number of nitrogens with zero attached hydrogens (tertiary/aromatic N) is 1. The molecule has 0 aliphatic rings. The predicted octanol–water partition coefficient (Wildman–Crippen LogP) is 3.24. The quantitative estimate of drug-likeness (QED) is 0.847. The summed E-state index contributed by atoms with van der Waals surface area (Å²) in [5.41, 5.74) is 2.05. The molecule has 2 aromatic rings. The number of thiazole rings is 1. The maximum Gasteiger partial charge on any atom is 0.103 e. The minimum atomic E-state index is 0.0334. The number of thioether (sulfide) groups is 1. The Bertz CT molecular complexity index is 450. The van der Waals surface area contributed by atoms with E-state index >= 15 is 0 Å². The molecule has 0 aliphatic heterocycles. The largest absolute Gasteiger partial charge is 0.390 e. The van der Waals surface area contributed by atoms with Gasteiger partial charge in [0, 0.05) is 10.3 Å². The van der Waals surface area contributed by atoms with Crippen LogP contribution in [0.4, 0.5) is 0 Å². The molecule has 4 heteroatoms. The summed E-state index contributed by atoms with van der Waals surface area (Å²) >= 11 is 3.38. The first kappa shape index (κ1) is 11.6. The lowest BCUT2D eigenvalue weighted by molar-refractivity contribution is 0.277. The first-order valence-corrected chi connectivity index (χ1v) is 6.88. The molecule has 2 rings (SSSR count). The Kier molecular flexibility index (Phi) is 3.98. The number of aryl methyl sites for hydroxylation is 1. The molecule has 0 saturated heterocycles. The molecule has 0 atom stereocenters. The zero-order valence-electron chi connectivity index (χ0n) is 9.01. The fourth-order valence-corrected chi connectivity index (χ4v) is 2.97. The molecule has 1 aromatic heterocycles. The Morgan fingerprint density at radius 3 is 2.69 bits per heavy atom. The second kappa shape index (κ2) is 5.48. The van der Waals surface area contributed by atoms with Gasteiger partial charge in [-0.1, -0.05) is 17.7 Å². The van der Waals surface area contributed by atoms with E-state index < -0.39 is 0 Å². The molecule has 2 nitrogen and oxygen atoms in total. The number of benzene rings is 1. The average molecular weight is 251 g/mol. The predicted molar refractivity (Wildman–Crippen MR) is 68.8 cm³/mol. The van der Waals surface area contributed by atoms with Crippen LogP contribution in [0.25, 0.3) is 0 Å². The molecular weight excluding hydrogens is 238 g/mol. The molecule has 1 heterocycles. The van der Waals surface area contributed by atoms with Crippen molar-refractivity contribution in [2.75, 3.05) is 0 Å². The second-order valence-corrected chi connectivity index (χ2v) is 5.48. The van der Waals surface area contributed by atoms with Crippen molar-refractivity contribution in [2.45, 2.75) is 24.2 Å². The minimum Gasteiger partial charge on any atom is -0.390 e. The van der Waals surface area contributed by atoms with Gasteiger partial charge in [0.05, 0.1) is 18.1 Å². The van der Waals surface area contributed by atoms with Crippen LogP contribution in [0.2, 0.25) is 0 Å². The van der Waals surface area contributed by atoms with Crippen LogP contribution in [0.15, 0.2) is 34.5 Å². The van der Waals surface area contributed by atoms with Crippen molar-refractivity contribution in [3.63, 3.8) is 0 Å². The van der Waals surface area contributed by atoms with Crippen LogP contribution >= 0.6 is 23.1 Å². The summed E-state index contributed by atoms with van der Waals surface area (Å²) in [7, 11) is 0. The molecule has 0 amide bonds. The third kappa shape index (κ3) is 3.07. The van der Waals surface area contributed by atoms with Crippen LogP contribution in [0.3, 0.4) is 0 Å². The topological polar surface area (TPSA) is 33.1 Å². The highest BCUT2D eigenvalue weighted by Crippen LogP contribution is 2.24. The number of hydrogen-bond donors (Lipinski definition) is 1. The minimum absolute atomic E-state index is 0.0334. The van der Waals surface area contributed by atoms with Gasteiger partial charge in [0.1, 0.15) is 5.01 Å². The highest BCUT2D eigenvalue weighted by Gasteiger charge is 2.01. The van der Waals surface area contributed by atoms with E-state index in [1.807, 2.05) is 5.38 Å². The lowest BCUT2D eigenvalue weighted by atomic mass is 10.2. The van der Waals surface area contributed by atoms with Crippen molar-refractivity contribution in [2.24, 2.45) is 0 Å². The highest BCUT2D eigenvalue weighted by molar-refractivity contribution is 7.98. The Labute approximate surface area is 103 Å². The molecule has 0 radical (unpaired) electrons. The van der Waals surface area contributed by atoms with Crippen molar-refractivity contribution in [3.05, 3.63) is 45.9 Å². The Hall–Kier alpha value is -0.840. The van der Waals surface area contributed by atoms with Crippen LogP contribution in [0.1, 0.15) is 16.3 Å². The van der Waals surface area contributed by atoms with Gasteiger partial charge in [-0.05, 0) is 19.1 Å². The van der Waals surface area contributed by atoms with Crippen molar-refractivity contribution >= 4 is 23.1 Å². The average Bonchev–Trinajstić information content (AvgIpc) is 2.76. The molecule has 16 heavy (non-hydrogen) atoms. The van der Waals surface area contributed by atoms with Gasteiger partial charge in [-0.3, -0.25) is 0 Å². The molecule has 1 aromatic carbocycles. The van der Waals surface area contributed by atoms with E-state index in [-0.39, 0.29) is 6.61 Å². The van der Waals surface area contributed by atoms with E-state index in [4.69, 9.17) is 5.11 Å². The first-order chi connectivity index (χ1) is 7.78. The van der Waals surface area contributed by atoms with Crippen LogP contribution in [0.5, 0.6) is 0 Å². The van der Waals surface area contributed by atoms with Crippen molar-refractivity contribution in [1.29, 1.82) is 0 Å². The van der Waals surface area contributed by atoms with Crippen LogP contribution in [-0.2, 0) is 12.4 Å². The Balaban J connectivity index is 1.94. The van der Waals surface area contributed by atoms with E-state index in [1.54, 1.807) is 23.1 Å². The lowest BCUT2D eigenvalue weighted by Crippen LogP contribution is -1.84. The number of aliphatic hydroxyl groups excluding tert-OH is 1. The van der Waals surface area contributed by atoms with Gasteiger partial charge >= 0.3 is 0 Å². The van der Waals surface area contributed by atoms with Crippen molar-refractivity contribution < 1.29 is 5.11 Å². The monoisotopic (exact) mass is 251 g/mol.